The highest BCUT2D eigenvalue weighted by atomic mass is 32.2. The maximum atomic E-state index is 13.3. The summed E-state index contributed by atoms with van der Waals surface area (Å²) in [4.78, 5) is 28.3. The van der Waals surface area contributed by atoms with Gasteiger partial charge < -0.3 is 10.4 Å². The fourth-order valence-corrected chi connectivity index (χ4v) is 6.96. The lowest BCUT2D eigenvalue weighted by molar-refractivity contribution is -0.387. The van der Waals surface area contributed by atoms with Crippen LogP contribution >= 0.6 is 11.3 Å². The first kappa shape index (κ1) is 25.4. The third kappa shape index (κ3) is 4.83. The zero-order valence-electron chi connectivity index (χ0n) is 20.1. The SMILES string of the molecule is Cc1sc(NC(=O)Cc2cccc(O)c2)nc1-c1ccc2c(c1)CCN2S(=O)(=O)c1ccccc1[N+](=O)[O-]. The summed E-state index contributed by atoms with van der Waals surface area (Å²) in [6.45, 7) is 2.05. The molecule has 2 N–H and O–H groups in total. The number of hydrogen-bond donors (Lipinski definition) is 2. The van der Waals surface area contributed by atoms with Crippen LogP contribution in [0.25, 0.3) is 11.3 Å². The smallest absolute Gasteiger partial charge is 0.289 e. The number of hydrogen-bond acceptors (Lipinski definition) is 8. The molecule has 0 aliphatic carbocycles. The maximum Gasteiger partial charge on any atom is 0.289 e. The van der Waals surface area contributed by atoms with Crippen molar-refractivity contribution in [1.29, 1.82) is 0 Å². The molecule has 194 valence electrons. The number of amides is 1. The van der Waals surface area contributed by atoms with E-state index in [0.717, 1.165) is 16.0 Å². The number of aryl methyl sites for hydroxylation is 1. The first-order chi connectivity index (χ1) is 18.1. The van der Waals surface area contributed by atoms with Crippen molar-refractivity contribution in [2.75, 3.05) is 16.2 Å². The summed E-state index contributed by atoms with van der Waals surface area (Å²) in [6, 6.07) is 17.1. The second-order valence-electron chi connectivity index (χ2n) is 8.71. The number of anilines is 2. The predicted molar refractivity (Wildman–Crippen MR) is 144 cm³/mol. The van der Waals surface area contributed by atoms with Crippen LogP contribution in [-0.4, -0.2) is 35.9 Å². The van der Waals surface area contributed by atoms with Gasteiger partial charge in [0, 0.05) is 23.1 Å². The van der Waals surface area contributed by atoms with Crippen LogP contribution in [0.5, 0.6) is 5.75 Å². The van der Waals surface area contributed by atoms with Crippen molar-refractivity contribution >= 4 is 43.8 Å². The third-order valence-corrected chi connectivity index (χ3v) is 8.90. The molecule has 1 aromatic heterocycles. The second kappa shape index (κ2) is 9.88. The number of thiazole rings is 1. The van der Waals surface area contributed by atoms with Gasteiger partial charge in [-0.3, -0.25) is 19.2 Å². The summed E-state index contributed by atoms with van der Waals surface area (Å²) in [5.41, 5.74) is 2.91. The number of nitrogens with zero attached hydrogens (tertiary/aromatic N) is 3. The molecule has 0 saturated heterocycles. The average molecular weight is 551 g/mol. The van der Waals surface area contributed by atoms with E-state index in [-0.39, 0.29) is 29.5 Å². The van der Waals surface area contributed by atoms with Crippen molar-refractivity contribution in [3.05, 3.63) is 92.8 Å². The van der Waals surface area contributed by atoms with Gasteiger partial charge in [-0.25, -0.2) is 13.4 Å². The Morgan fingerprint density at radius 1 is 1.16 bits per heavy atom. The number of aromatic hydroxyl groups is 1. The van der Waals surface area contributed by atoms with Crippen LogP contribution in [0, 0.1) is 17.0 Å². The van der Waals surface area contributed by atoms with E-state index in [1.807, 2.05) is 13.0 Å². The summed E-state index contributed by atoms with van der Waals surface area (Å²) < 4.78 is 27.9. The van der Waals surface area contributed by atoms with E-state index in [1.54, 1.807) is 24.3 Å². The number of para-hydroxylation sites is 1. The Kier molecular flexibility index (Phi) is 6.59. The minimum atomic E-state index is -4.14. The standard InChI is InChI=1S/C26H22N4O6S2/c1-16-25(28-26(37-16)27-24(32)14-17-5-4-6-20(31)13-17)19-9-10-21-18(15-19)11-12-29(21)38(35,36)23-8-3-2-7-22(23)30(33)34/h2-10,13,15,31H,11-12,14H2,1H3,(H,27,28,32). The summed E-state index contributed by atoms with van der Waals surface area (Å²) in [6.07, 6.45) is 0.533. The summed E-state index contributed by atoms with van der Waals surface area (Å²) in [7, 11) is -4.14. The summed E-state index contributed by atoms with van der Waals surface area (Å²) >= 11 is 1.33. The first-order valence-corrected chi connectivity index (χ1v) is 13.8. The molecule has 4 aromatic rings. The van der Waals surface area contributed by atoms with Crippen LogP contribution in [0.15, 0.2) is 71.6 Å². The Balaban J connectivity index is 1.37. The van der Waals surface area contributed by atoms with E-state index in [2.05, 4.69) is 10.3 Å². The lowest BCUT2D eigenvalue weighted by Crippen LogP contribution is -2.29. The number of phenols is 1. The number of nitro benzene ring substituents is 1. The van der Waals surface area contributed by atoms with E-state index in [1.165, 1.54) is 52.0 Å². The number of aromatic nitrogens is 1. The van der Waals surface area contributed by atoms with Crippen molar-refractivity contribution in [2.24, 2.45) is 0 Å². The quantitative estimate of drug-likeness (QED) is 0.252. The molecule has 1 amide bonds. The molecule has 0 radical (unpaired) electrons. The summed E-state index contributed by atoms with van der Waals surface area (Å²) in [5, 5.41) is 24.2. The molecule has 1 aliphatic rings. The van der Waals surface area contributed by atoms with Crippen molar-refractivity contribution in [3.63, 3.8) is 0 Å². The lowest BCUT2D eigenvalue weighted by Gasteiger charge is -2.19. The van der Waals surface area contributed by atoms with Gasteiger partial charge in [-0.1, -0.05) is 30.3 Å². The monoisotopic (exact) mass is 550 g/mol. The van der Waals surface area contributed by atoms with Crippen molar-refractivity contribution < 1.29 is 23.2 Å². The Bertz CT molecular complexity index is 1680. The van der Waals surface area contributed by atoms with E-state index in [9.17, 15) is 28.4 Å². The normalized spacial score (nSPS) is 12.8. The van der Waals surface area contributed by atoms with Crippen LogP contribution in [0.4, 0.5) is 16.5 Å². The predicted octanol–water partition coefficient (Wildman–Crippen LogP) is 4.66. The minimum absolute atomic E-state index is 0.0884. The van der Waals surface area contributed by atoms with Gasteiger partial charge in [-0.15, -0.1) is 11.3 Å². The number of fused-ring (bicyclic) bond motifs is 1. The van der Waals surface area contributed by atoms with Crippen LogP contribution in [0.3, 0.4) is 0 Å². The van der Waals surface area contributed by atoms with Crippen LogP contribution in [-0.2, 0) is 27.7 Å². The van der Waals surface area contributed by atoms with Gasteiger partial charge in [0.2, 0.25) is 5.91 Å². The van der Waals surface area contributed by atoms with Crippen LogP contribution in [0.2, 0.25) is 0 Å². The lowest BCUT2D eigenvalue weighted by atomic mass is 10.1. The van der Waals surface area contributed by atoms with E-state index >= 15 is 0 Å². The first-order valence-electron chi connectivity index (χ1n) is 11.6. The van der Waals surface area contributed by atoms with Crippen LogP contribution < -0.4 is 9.62 Å². The second-order valence-corrected chi connectivity index (χ2v) is 11.7. The third-order valence-electron chi connectivity index (χ3n) is 6.15. The van der Waals surface area contributed by atoms with E-state index in [0.29, 0.717) is 28.5 Å². The van der Waals surface area contributed by atoms with Gasteiger partial charge in [-0.2, -0.15) is 0 Å². The number of rotatable bonds is 7. The van der Waals surface area contributed by atoms with Gasteiger partial charge in [0.1, 0.15) is 5.75 Å². The number of carbonyl (C=O) groups excluding carboxylic acids is 1. The number of nitro groups is 1. The molecule has 0 bridgehead atoms. The largest absolute Gasteiger partial charge is 0.508 e. The number of carbonyl (C=O) groups is 1. The molecule has 1 aliphatic heterocycles. The minimum Gasteiger partial charge on any atom is -0.508 e. The maximum absolute atomic E-state index is 13.3. The number of phenolic OH excluding ortho intramolecular Hbond substituents is 1. The van der Waals surface area contributed by atoms with Crippen molar-refractivity contribution in [1.82, 2.24) is 4.98 Å². The Labute approximate surface area is 222 Å². The zero-order valence-corrected chi connectivity index (χ0v) is 21.8. The molecule has 2 heterocycles. The highest BCUT2D eigenvalue weighted by Gasteiger charge is 2.35. The highest BCUT2D eigenvalue weighted by Crippen LogP contribution is 2.39. The van der Waals surface area contributed by atoms with E-state index in [4.69, 9.17) is 0 Å². The molecule has 0 atom stereocenters. The topological polar surface area (TPSA) is 143 Å². The fraction of sp³-hybridized carbons (Fsp3) is 0.154. The molecule has 0 unspecified atom stereocenters. The van der Waals surface area contributed by atoms with Gasteiger partial charge in [-0.05, 0) is 54.8 Å². The fourth-order valence-electron chi connectivity index (χ4n) is 4.45. The molecule has 0 fully saturated rings. The van der Waals surface area contributed by atoms with Gasteiger partial charge in [0.25, 0.3) is 15.7 Å². The molecule has 5 rings (SSSR count). The van der Waals surface area contributed by atoms with Gasteiger partial charge in [0.15, 0.2) is 10.0 Å². The van der Waals surface area contributed by atoms with Gasteiger partial charge >= 0.3 is 0 Å². The number of sulfonamides is 1. The molecule has 0 saturated carbocycles. The Morgan fingerprint density at radius 2 is 1.95 bits per heavy atom. The molecule has 3 aromatic carbocycles. The van der Waals surface area contributed by atoms with E-state index < -0.39 is 20.6 Å². The molecule has 10 nitrogen and oxygen atoms in total. The Hall–Kier alpha value is -4.29. The molecule has 0 spiro atoms. The van der Waals surface area contributed by atoms with Crippen molar-refractivity contribution in [2.45, 2.75) is 24.7 Å². The number of nitrogens with one attached hydrogen (secondary N) is 1. The molecular formula is C26H22N4O6S2. The number of benzene rings is 3. The highest BCUT2D eigenvalue weighted by molar-refractivity contribution is 7.93. The summed E-state index contributed by atoms with van der Waals surface area (Å²) in [5.74, 6) is -0.173. The molecular weight excluding hydrogens is 528 g/mol. The average Bonchev–Trinajstić information content (AvgIpc) is 3.47. The Morgan fingerprint density at radius 3 is 2.71 bits per heavy atom. The molecule has 38 heavy (non-hydrogen) atoms. The van der Waals surface area contributed by atoms with Crippen molar-refractivity contribution in [3.8, 4) is 17.0 Å². The van der Waals surface area contributed by atoms with Crippen LogP contribution in [0.1, 0.15) is 16.0 Å². The van der Waals surface area contributed by atoms with Gasteiger partial charge in [0.05, 0.1) is 22.7 Å². The zero-order chi connectivity index (χ0) is 27.0. The molecule has 12 heteroatoms.